The Morgan fingerprint density at radius 1 is 1.42 bits per heavy atom. The molecule has 0 aliphatic carbocycles. The second kappa shape index (κ2) is 7.31. The van der Waals surface area contributed by atoms with Gasteiger partial charge in [0.05, 0.1) is 12.2 Å². The minimum atomic E-state index is -0.379. The van der Waals surface area contributed by atoms with E-state index in [0.29, 0.717) is 23.0 Å². The number of hydrogen-bond donors (Lipinski definition) is 1. The molecule has 1 N–H and O–H groups in total. The summed E-state index contributed by atoms with van der Waals surface area (Å²) in [5, 5.41) is 3.37. The van der Waals surface area contributed by atoms with Crippen LogP contribution in [0.4, 0.5) is 5.00 Å². The third-order valence-electron chi connectivity index (χ3n) is 3.54. The molecule has 8 heteroatoms. The van der Waals surface area contributed by atoms with E-state index in [1.807, 2.05) is 11.8 Å². The van der Waals surface area contributed by atoms with Crippen molar-refractivity contribution < 1.29 is 14.3 Å². The Morgan fingerprint density at radius 3 is 3.00 bits per heavy atom. The molecule has 0 spiro atoms. The molecule has 2 aromatic rings. The molecule has 1 aliphatic heterocycles. The van der Waals surface area contributed by atoms with E-state index < -0.39 is 0 Å². The number of nitrogens with one attached hydrogen (secondary N) is 1. The third kappa shape index (κ3) is 3.44. The summed E-state index contributed by atoms with van der Waals surface area (Å²) in [5.74, 6) is 1.62. The molecule has 0 radical (unpaired) electrons. The Hall–Kier alpha value is -1.93. The Balaban J connectivity index is 1.93. The number of rotatable bonds is 4. The third-order valence-corrected chi connectivity index (χ3v) is 5.85. The summed E-state index contributed by atoms with van der Waals surface area (Å²) in [6.45, 7) is 3.80. The van der Waals surface area contributed by atoms with Gasteiger partial charge in [-0.2, -0.15) is 11.8 Å². The van der Waals surface area contributed by atoms with Crippen LogP contribution < -0.4 is 5.32 Å². The Labute approximate surface area is 148 Å². The summed E-state index contributed by atoms with van der Waals surface area (Å²) in [6.07, 6.45) is 2.35. The molecule has 0 unspecified atom stereocenters. The minimum Gasteiger partial charge on any atom is -0.462 e. The van der Waals surface area contributed by atoms with Gasteiger partial charge in [0.25, 0.3) is 5.91 Å². The largest absolute Gasteiger partial charge is 0.462 e. The number of aromatic nitrogens is 2. The fraction of sp³-hybridized carbons (Fsp3) is 0.375. The first-order chi connectivity index (χ1) is 11.6. The molecule has 0 fully saturated rings. The minimum absolute atomic E-state index is 0.276. The van der Waals surface area contributed by atoms with Crippen LogP contribution in [0.25, 0.3) is 0 Å². The fourth-order valence-electron chi connectivity index (χ4n) is 2.49. The van der Waals surface area contributed by atoms with E-state index in [1.54, 1.807) is 26.1 Å². The summed E-state index contributed by atoms with van der Waals surface area (Å²) >= 11 is 3.27. The van der Waals surface area contributed by atoms with Crippen LogP contribution in [-0.4, -0.2) is 34.2 Å². The number of thiophene rings is 1. The Morgan fingerprint density at radius 2 is 2.25 bits per heavy atom. The molecule has 0 saturated heterocycles. The van der Waals surface area contributed by atoms with Crippen LogP contribution >= 0.6 is 23.1 Å². The average molecular weight is 363 g/mol. The van der Waals surface area contributed by atoms with Crippen LogP contribution in [0, 0.1) is 6.92 Å². The van der Waals surface area contributed by atoms with E-state index in [1.165, 1.54) is 11.3 Å². The van der Waals surface area contributed by atoms with Crippen molar-refractivity contribution in [1.29, 1.82) is 0 Å². The normalized spacial score (nSPS) is 13.2. The zero-order chi connectivity index (χ0) is 17.1. The topological polar surface area (TPSA) is 81.2 Å². The van der Waals surface area contributed by atoms with E-state index >= 15 is 0 Å². The SMILES string of the molecule is CCOC(=O)c1c(NC(=O)c2ccnc(C)n2)sc2c1CCSC2. The number of esters is 1. The molecule has 126 valence electrons. The Kier molecular flexibility index (Phi) is 5.15. The maximum absolute atomic E-state index is 12.5. The summed E-state index contributed by atoms with van der Waals surface area (Å²) in [4.78, 5) is 34.1. The van der Waals surface area contributed by atoms with E-state index in [9.17, 15) is 9.59 Å². The molecule has 0 bridgehead atoms. The van der Waals surface area contributed by atoms with Crippen LogP contribution in [0.15, 0.2) is 12.3 Å². The van der Waals surface area contributed by atoms with Crippen LogP contribution in [0.5, 0.6) is 0 Å². The van der Waals surface area contributed by atoms with Crippen LogP contribution in [0.2, 0.25) is 0 Å². The molecule has 3 heterocycles. The van der Waals surface area contributed by atoms with Crippen molar-refractivity contribution in [3.63, 3.8) is 0 Å². The van der Waals surface area contributed by atoms with E-state index in [2.05, 4.69) is 15.3 Å². The molecule has 0 saturated carbocycles. The number of nitrogens with zero attached hydrogens (tertiary/aromatic N) is 2. The molecule has 1 amide bonds. The van der Waals surface area contributed by atoms with Gasteiger partial charge in [-0.3, -0.25) is 4.79 Å². The predicted molar refractivity (Wildman–Crippen MR) is 94.9 cm³/mol. The van der Waals surface area contributed by atoms with Gasteiger partial charge in [-0.25, -0.2) is 14.8 Å². The first-order valence-corrected chi connectivity index (χ1v) is 9.57. The van der Waals surface area contributed by atoms with Gasteiger partial charge < -0.3 is 10.1 Å². The van der Waals surface area contributed by atoms with Crippen molar-refractivity contribution in [2.24, 2.45) is 0 Å². The molecule has 0 aromatic carbocycles. The van der Waals surface area contributed by atoms with Gasteiger partial charge in [-0.1, -0.05) is 0 Å². The predicted octanol–water partition coefficient (Wildman–Crippen LogP) is 3.06. The number of anilines is 1. The maximum Gasteiger partial charge on any atom is 0.341 e. The standard InChI is InChI=1S/C16H17N3O3S2/c1-3-22-16(21)13-10-5-7-23-8-12(10)24-15(13)19-14(20)11-4-6-17-9(2)18-11/h4,6H,3,5,7-8H2,1-2H3,(H,19,20). The van der Waals surface area contributed by atoms with Crippen LogP contribution in [0.3, 0.4) is 0 Å². The first kappa shape index (κ1) is 16.9. The van der Waals surface area contributed by atoms with Gasteiger partial charge >= 0.3 is 5.97 Å². The highest BCUT2D eigenvalue weighted by atomic mass is 32.2. The number of carbonyl (C=O) groups excluding carboxylic acids is 2. The molecule has 1 aliphatic rings. The maximum atomic E-state index is 12.5. The highest BCUT2D eigenvalue weighted by molar-refractivity contribution is 7.98. The summed E-state index contributed by atoms with van der Waals surface area (Å²) in [7, 11) is 0. The second-order valence-electron chi connectivity index (χ2n) is 5.17. The summed E-state index contributed by atoms with van der Waals surface area (Å²) in [6, 6.07) is 1.55. The zero-order valence-corrected chi connectivity index (χ0v) is 15.1. The fourth-order valence-corrected chi connectivity index (χ4v) is 4.85. The van der Waals surface area contributed by atoms with Gasteiger partial charge in [0.1, 0.15) is 16.5 Å². The molecule has 3 rings (SSSR count). The van der Waals surface area contributed by atoms with Crippen molar-refractivity contribution in [3.05, 3.63) is 39.8 Å². The van der Waals surface area contributed by atoms with E-state index in [4.69, 9.17) is 4.74 Å². The van der Waals surface area contributed by atoms with Crippen LogP contribution in [0.1, 0.15) is 44.0 Å². The van der Waals surface area contributed by atoms with Gasteiger partial charge in [-0.05, 0) is 37.7 Å². The number of amides is 1. The summed E-state index contributed by atoms with van der Waals surface area (Å²) < 4.78 is 5.18. The monoisotopic (exact) mass is 363 g/mol. The van der Waals surface area contributed by atoms with Crippen molar-refractivity contribution in [1.82, 2.24) is 9.97 Å². The highest BCUT2D eigenvalue weighted by Crippen LogP contribution is 2.40. The average Bonchev–Trinajstić information content (AvgIpc) is 2.93. The number of thioether (sulfide) groups is 1. The van der Waals surface area contributed by atoms with Crippen molar-refractivity contribution in [2.45, 2.75) is 26.0 Å². The van der Waals surface area contributed by atoms with Crippen LogP contribution in [-0.2, 0) is 16.9 Å². The lowest BCUT2D eigenvalue weighted by molar-refractivity contribution is 0.0527. The Bertz CT molecular complexity index is 789. The number of carbonyl (C=O) groups is 2. The van der Waals surface area contributed by atoms with Gasteiger partial charge in [0, 0.05) is 16.8 Å². The molecule has 0 atom stereocenters. The molecular weight excluding hydrogens is 346 g/mol. The quantitative estimate of drug-likeness (QED) is 0.841. The zero-order valence-electron chi connectivity index (χ0n) is 13.4. The van der Waals surface area contributed by atoms with Crippen molar-refractivity contribution >= 4 is 40.0 Å². The lowest BCUT2D eigenvalue weighted by Crippen LogP contribution is -2.17. The first-order valence-electron chi connectivity index (χ1n) is 7.60. The van der Waals surface area contributed by atoms with Gasteiger partial charge in [0.2, 0.25) is 0 Å². The smallest absolute Gasteiger partial charge is 0.341 e. The number of ether oxygens (including phenoxy) is 1. The number of aryl methyl sites for hydroxylation is 1. The molecule has 6 nitrogen and oxygen atoms in total. The lowest BCUT2D eigenvalue weighted by Gasteiger charge is -2.12. The van der Waals surface area contributed by atoms with E-state index in [-0.39, 0.29) is 17.6 Å². The molecule has 24 heavy (non-hydrogen) atoms. The number of hydrogen-bond acceptors (Lipinski definition) is 7. The number of fused-ring (bicyclic) bond motifs is 1. The molecule has 2 aromatic heterocycles. The van der Waals surface area contributed by atoms with Gasteiger partial charge in [0.15, 0.2) is 0 Å². The van der Waals surface area contributed by atoms with Gasteiger partial charge in [-0.15, -0.1) is 11.3 Å². The highest BCUT2D eigenvalue weighted by Gasteiger charge is 2.27. The second-order valence-corrected chi connectivity index (χ2v) is 7.38. The lowest BCUT2D eigenvalue weighted by atomic mass is 10.1. The van der Waals surface area contributed by atoms with Crippen molar-refractivity contribution in [3.8, 4) is 0 Å². The van der Waals surface area contributed by atoms with Crippen molar-refractivity contribution in [2.75, 3.05) is 17.7 Å². The van der Waals surface area contributed by atoms with E-state index in [0.717, 1.165) is 28.4 Å². The molecular formula is C16H17N3O3S2. The summed E-state index contributed by atoms with van der Waals surface area (Å²) in [5.41, 5.74) is 1.78.